The monoisotopic (exact) mass is 302 g/mol. The summed E-state index contributed by atoms with van der Waals surface area (Å²) in [6.45, 7) is -0.0281. The maximum atomic E-state index is 12.2. The summed E-state index contributed by atoms with van der Waals surface area (Å²) in [7, 11) is 1.62. The zero-order valence-corrected chi connectivity index (χ0v) is 11.9. The number of nitrogens with one attached hydrogen (secondary N) is 2. The second kappa shape index (κ2) is 5.47. The molecule has 0 saturated heterocycles. The van der Waals surface area contributed by atoms with Crippen molar-refractivity contribution in [1.82, 2.24) is 5.43 Å². The third-order valence-electron chi connectivity index (χ3n) is 3.47. The van der Waals surface area contributed by atoms with Crippen LogP contribution in [-0.4, -0.2) is 37.1 Å². The Hall–Kier alpha value is -2.90. The van der Waals surface area contributed by atoms with Gasteiger partial charge in [0.2, 0.25) is 5.91 Å². The van der Waals surface area contributed by atoms with E-state index < -0.39 is 5.91 Å². The van der Waals surface area contributed by atoms with Gasteiger partial charge in [-0.2, -0.15) is 5.10 Å². The molecule has 0 fully saturated rings. The third kappa shape index (κ3) is 2.50. The minimum absolute atomic E-state index is 0.0281. The number of ether oxygens (including phenoxy) is 1. The Morgan fingerprint density at radius 3 is 2.91 bits per heavy atom. The Labute approximate surface area is 126 Å². The first-order valence-electron chi connectivity index (χ1n) is 6.75. The summed E-state index contributed by atoms with van der Waals surface area (Å²) in [5.41, 5.74) is 3.48. The van der Waals surface area contributed by atoms with Gasteiger partial charge >= 0.3 is 0 Å². The van der Waals surface area contributed by atoms with Crippen LogP contribution >= 0.6 is 0 Å². The average molecular weight is 302 g/mol. The van der Waals surface area contributed by atoms with E-state index in [-0.39, 0.29) is 37.0 Å². The van der Waals surface area contributed by atoms with E-state index in [1.807, 2.05) is 0 Å². The zero-order chi connectivity index (χ0) is 15.7. The van der Waals surface area contributed by atoms with Crippen molar-refractivity contribution in [2.24, 2.45) is 5.10 Å². The van der Waals surface area contributed by atoms with Crippen LogP contribution < -0.4 is 20.4 Å². The smallest absolute Gasteiger partial charge is 0.271 e. The molecule has 2 aliphatic rings. The average Bonchev–Trinajstić information content (AvgIpc) is 2.51. The number of nitrogens with zero attached hydrogens (tertiary/aromatic N) is 2. The van der Waals surface area contributed by atoms with Crippen LogP contribution in [0.15, 0.2) is 23.3 Å². The number of carbonyl (C=O) groups is 3. The van der Waals surface area contributed by atoms with Crippen molar-refractivity contribution in [2.75, 3.05) is 23.9 Å². The highest BCUT2D eigenvalue weighted by Gasteiger charge is 2.26. The Morgan fingerprint density at radius 2 is 2.18 bits per heavy atom. The highest BCUT2D eigenvalue weighted by Crippen LogP contribution is 2.37. The Bertz CT molecular complexity index is 698. The van der Waals surface area contributed by atoms with Crippen LogP contribution in [0, 0.1) is 0 Å². The molecule has 114 valence electrons. The normalized spacial score (nSPS) is 17.1. The first-order chi connectivity index (χ1) is 10.6. The largest absolute Gasteiger partial charge is 0.481 e. The molecule has 0 aromatic heterocycles. The first kappa shape index (κ1) is 14.1. The highest BCUT2D eigenvalue weighted by molar-refractivity contribution is 6.44. The van der Waals surface area contributed by atoms with Crippen LogP contribution in [0.5, 0.6) is 5.75 Å². The van der Waals surface area contributed by atoms with Crippen molar-refractivity contribution in [2.45, 2.75) is 12.8 Å². The fourth-order valence-electron chi connectivity index (χ4n) is 2.28. The number of likely N-dealkylation sites (N-methyl/N-ethyl adjacent to an activating group) is 1. The number of hydrazone groups is 1. The number of amides is 3. The van der Waals surface area contributed by atoms with Crippen LogP contribution in [0.4, 0.5) is 11.4 Å². The maximum absolute atomic E-state index is 12.2. The lowest BCUT2D eigenvalue weighted by Gasteiger charge is -2.28. The molecule has 0 saturated carbocycles. The molecule has 8 heteroatoms. The van der Waals surface area contributed by atoms with Crippen molar-refractivity contribution in [1.29, 1.82) is 0 Å². The fourth-order valence-corrected chi connectivity index (χ4v) is 2.28. The molecular formula is C14H14N4O4. The fraction of sp³-hybridized carbons (Fsp3) is 0.286. The third-order valence-corrected chi connectivity index (χ3v) is 3.47. The van der Waals surface area contributed by atoms with Crippen LogP contribution in [0.25, 0.3) is 0 Å². The summed E-state index contributed by atoms with van der Waals surface area (Å²) >= 11 is 0. The van der Waals surface area contributed by atoms with Gasteiger partial charge in [0.25, 0.3) is 11.8 Å². The second-order valence-corrected chi connectivity index (χ2v) is 4.94. The Kier molecular flexibility index (Phi) is 3.50. The van der Waals surface area contributed by atoms with Crippen molar-refractivity contribution in [3.63, 3.8) is 0 Å². The lowest BCUT2D eigenvalue weighted by Crippen LogP contribution is -2.37. The molecule has 0 spiro atoms. The van der Waals surface area contributed by atoms with Gasteiger partial charge < -0.3 is 15.0 Å². The molecule has 0 unspecified atom stereocenters. The molecule has 0 radical (unpaired) electrons. The molecule has 2 aliphatic heterocycles. The summed E-state index contributed by atoms with van der Waals surface area (Å²) in [6.07, 6.45) is 0.499. The number of hydrogen-bond donors (Lipinski definition) is 2. The molecule has 1 aromatic rings. The number of para-hydroxylation sites is 1. The number of hydrogen-bond acceptors (Lipinski definition) is 5. The molecule has 0 aliphatic carbocycles. The van der Waals surface area contributed by atoms with Gasteiger partial charge in [-0.05, 0) is 12.1 Å². The number of fused-ring (bicyclic) bond motifs is 1. The van der Waals surface area contributed by atoms with Gasteiger partial charge in [0, 0.05) is 19.9 Å². The van der Waals surface area contributed by atoms with Crippen LogP contribution in [0.3, 0.4) is 0 Å². The van der Waals surface area contributed by atoms with Crippen molar-refractivity contribution < 1.29 is 19.1 Å². The molecule has 22 heavy (non-hydrogen) atoms. The van der Waals surface area contributed by atoms with E-state index in [2.05, 4.69) is 15.8 Å². The van der Waals surface area contributed by atoms with E-state index >= 15 is 0 Å². The Morgan fingerprint density at radius 1 is 1.36 bits per heavy atom. The Balaban J connectivity index is 1.86. The standard InChI is InChI=1S/C14H14N4O4/c1-18-12(20)7-22-10-4-2-3-8(13(10)18)15-14(21)9-5-6-11(19)17-16-9/h2-4H,5-7H2,1H3,(H,15,21)(H,17,19). The molecule has 0 atom stereocenters. The number of rotatable bonds is 2. The molecule has 2 heterocycles. The van der Waals surface area contributed by atoms with E-state index in [9.17, 15) is 14.4 Å². The number of anilines is 2. The SMILES string of the molecule is CN1C(=O)COc2cccc(NC(=O)C3=NNC(=O)CC3)c21. The van der Waals surface area contributed by atoms with Gasteiger partial charge in [-0.3, -0.25) is 14.4 Å². The van der Waals surface area contributed by atoms with Gasteiger partial charge in [-0.1, -0.05) is 6.07 Å². The first-order valence-corrected chi connectivity index (χ1v) is 6.75. The summed E-state index contributed by atoms with van der Waals surface area (Å²) < 4.78 is 5.36. The van der Waals surface area contributed by atoms with Crippen molar-refractivity contribution >= 4 is 34.8 Å². The topological polar surface area (TPSA) is 100 Å². The number of benzene rings is 1. The van der Waals surface area contributed by atoms with E-state index in [0.29, 0.717) is 17.1 Å². The van der Waals surface area contributed by atoms with Crippen LogP contribution in [0.2, 0.25) is 0 Å². The highest BCUT2D eigenvalue weighted by atomic mass is 16.5. The molecule has 0 bridgehead atoms. The van der Waals surface area contributed by atoms with Gasteiger partial charge in [0.1, 0.15) is 17.1 Å². The summed E-state index contributed by atoms with van der Waals surface area (Å²) in [5, 5.41) is 6.46. The quantitative estimate of drug-likeness (QED) is 0.817. The molecular weight excluding hydrogens is 288 g/mol. The molecule has 3 amide bonds. The second-order valence-electron chi connectivity index (χ2n) is 4.94. The lowest BCUT2D eigenvalue weighted by molar-refractivity contribution is -0.122. The van der Waals surface area contributed by atoms with Gasteiger partial charge in [0.05, 0.1) is 5.69 Å². The predicted octanol–water partition coefficient (Wildman–Crippen LogP) is 0.246. The molecule has 3 rings (SSSR count). The minimum atomic E-state index is -0.417. The molecule has 2 N–H and O–H groups in total. The van der Waals surface area contributed by atoms with Crippen LogP contribution in [-0.2, 0) is 14.4 Å². The van der Waals surface area contributed by atoms with E-state index in [4.69, 9.17) is 4.74 Å². The molecule has 8 nitrogen and oxygen atoms in total. The van der Waals surface area contributed by atoms with E-state index in [1.165, 1.54) is 4.90 Å². The molecule has 1 aromatic carbocycles. The van der Waals surface area contributed by atoms with Crippen LogP contribution in [0.1, 0.15) is 12.8 Å². The van der Waals surface area contributed by atoms with E-state index in [0.717, 1.165) is 0 Å². The van der Waals surface area contributed by atoms with Gasteiger partial charge in [-0.15, -0.1) is 0 Å². The van der Waals surface area contributed by atoms with Crippen molar-refractivity contribution in [3.8, 4) is 5.75 Å². The minimum Gasteiger partial charge on any atom is -0.481 e. The van der Waals surface area contributed by atoms with Gasteiger partial charge in [0.15, 0.2) is 6.61 Å². The predicted molar refractivity (Wildman–Crippen MR) is 78.8 cm³/mol. The summed E-state index contributed by atoms with van der Waals surface area (Å²) in [4.78, 5) is 36.5. The maximum Gasteiger partial charge on any atom is 0.271 e. The van der Waals surface area contributed by atoms with Crippen molar-refractivity contribution in [3.05, 3.63) is 18.2 Å². The summed E-state index contributed by atoms with van der Waals surface area (Å²) in [6, 6.07) is 5.13. The van der Waals surface area contributed by atoms with E-state index in [1.54, 1.807) is 25.2 Å². The lowest BCUT2D eigenvalue weighted by atomic mass is 10.1. The number of carbonyl (C=O) groups excluding carboxylic acids is 3. The zero-order valence-electron chi connectivity index (χ0n) is 11.9. The summed E-state index contributed by atoms with van der Waals surface area (Å²) in [5.74, 6) is -0.303. The van der Waals surface area contributed by atoms with Gasteiger partial charge in [-0.25, -0.2) is 5.43 Å².